The number of aromatic amines is 2. The van der Waals surface area contributed by atoms with Crippen LogP contribution in [0.25, 0.3) is 11.3 Å². The minimum Gasteiger partial charge on any atom is -0.367 e. The Balaban J connectivity index is 2.10. The first-order valence-electron chi connectivity index (χ1n) is 4.72. The van der Waals surface area contributed by atoms with Gasteiger partial charge in [-0.3, -0.25) is 0 Å². The molecular formula is C10H14N4. The second-order valence-corrected chi connectivity index (χ2v) is 3.20. The number of hydrogen-bond acceptors (Lipinski definition) is 2. The highest BCUT2D eigenvalue weighted by atomic mass is 14.9. The van der Waals surface area contributed by atoms with Crippen molar-refractivity contribution in [3.63, 3.8) is 0 Å². The van der Waals surface area contributed by atoms with Gasteiger partial charge in [-0.1, -0.05) is 0 Å². The SMILES string of the molecule is CNCCc1ncc(-c2cc[nH]c2)[nH]1. The second kappa shape index (κ2) is 4.11. The first-order chi connectivity index (χ1) is 6.90. The lowest BCUT2D eigenvalue weighted by Crippen LogP contribution is -2.10. The Labute approximate surface area is 82.8 Å². The predicted molar refractivity (Wildman–Crippen MR) is 56.0 cm³/mol. The highest BCUT2D eigenvalue weighted by Crippen LogP contribution is 2.15. The van der Waals surface area contributed by atoms with Crippen LogP contribution < -0.4 is 5.32 Å². The van der Waals surface area contributed by atoms with Crippen LogP contribution in [0.3, 0.4) is 0 Å². The van der Waals surface area contributed by atoms with Gasteiger partial charge in [0.2, 0.25) is 0 Å². The molecule has 3 N–H and O–H groups in total. The molecule has 0 saturated heterocycles. The van der Waals surface area contributed by atoms with E-state index in [-0.39, 0.29) is 0 Å². The first-order valence-corrected chi connectivity index (χ1v) is 4.72. The van der Waals surface area contributed by atoms with E-state index < -0.39 is 0 Å². The highest BCUT2D eigenvalue weighted by molar-refractivity contribution is 5.57. The zero-order valence-electron chi connectivity index (χ0n) is 8.17. The lowest BCUT2D eigenvalue weighted by molar-refractivity contribution is 0.764. The lowest BCUT2D eigenvalue weighted by atomic mass is 10.3. The normalized spacial score (nSPS) is 10.6. The van der Waals surface area contributed by atoms with Crippen LogP contribution in [-0.4, -0.2) is 28.5 Å². The summed E-state index contributed by atoms with van der Waals surface area (Å²) in [6, 6.07) is 2.02. The Morgan fingerprint density at radius 3 is 3.14 bits per heavy atom. The fourth-order valence-corrected chi connectivity index (χ4v) is 1.37. The van der Waals surface area contributed by atoms with E-state index in [1.165, 1.54) is 0 Å². The minimum atomic E-state index is 0.931. The van der Waals surface area contributed by atoms with Crippen molar-refractivity contribution in [3.05, 3.63) is 30.5 Å². The van der Waals surface area contributed by atoms with Crippen molar-refractivity contribution in [2.24, 2.45) is 0 Å². The minimum absolute atomic E-state index is 0.931. The van der Waals surface area contributed by atoms with E-state index in [0.29, 0.717) is 0 Å². The Hall–Kier alpha value is -1.55. The first kappa shape index (κ1) is 9.02. The van der Waals surface area contributed by atoms with Gasteiger partial charge in [-0.25, -0.2) is 4.98 Å². The maximum Gasteiger partial charge on any atom is 0.107 e. The molecule has 0 radical (unpaired) electrons. The molecule has 2 aromatic heterocycles. The van der Waals surface area contributed by atoms with Gasteiger partial charge in [0.1, 0.15) is 5.82 Å². The molecule has 2 heterocycles. The number of nitrogens with zero attached hydrogens (tertiary/aromatic N) is 1. The van der Waals surface area contributed by atoms with Crippen molar-refractivity contribution in [2.45, 2.75) is 6.42 Å². The summed E-state index contributed by atoms with van der Waals surface area (Å²) in [4.78, 5) is 10.6. The molecule has 0 aliphatic rings. The molecule has 2 rings (SSSR count). The van der Waals surface area contributed by atoms with Crippen molar-refractivity contribution in [3.8, 4) is 11.3 Å². The van der Waals surface area contributed by atoms with E-state index in [1.54, 1.807) is 0 Å². The molecule has 14 heavy (non-hydrogen) atoms. The Kier molecular flexibility index (Phi) is 2.65. The molecule has 0 atom stereocenters. The second-order valence-electron chi connectivity index (χ2n) is 3.20. The number of rotatable bonds is 4. The zero-order valence-corrected chi connectivity index (χ0v) is 8.17. The van der Waals surface area contributed by atoms with Crippen LogP contribution in [0.15, 0.2) is 24.7 Å². The summed E-state index contributed by atoms with van der Waals surface area (Å²) >= 11 is 0. The van der Waals surface area contributed by atoms with Crippen molar-refractivity contribution in [1.82, 2.24) is 20.3 Å². The molecule has 0 bridgehead atoms. The van der Waals surface area contributed by atoms with Gasteiger partial charge in [-0.05, 0) is 13.1 Å². The third-order valence-electron chi connectivity index (χ3n) is 2.15. The van der Waals surface area contributed by atoms with Crippen molar-refractivity contribution < 1.29 is 0 Å². The molecule has 4 heteroatoms. The maximum atomic E-state index is 4.30. The number of imidazole rings is 1. The summed E-state index contributed by atoms with van der Waals surface area (Å²) < 4.78 is 0. The van der Waals surface area contributed by atoms with E-state index in [4.69, 9.17) is 0 Å². The van der Waals surface area contributed by atoms with Crippen LogP contribution in [0.1, 0.15) is 5.82 Å². The molecule has 0 unspecified atom stereocenters. The Morgan fingerprint density at radius 1 is 1.50 bits per heavy atom. The van der Waals surface area contributed by atoms with Crippen LogP contribution in [0.4, 0.5) is 0 Å². The van der Waals surface area contributed by atoms with Crippen LogP contribution >= 0.6 is 0 Å². The summed E-state index contributed by atoms with van der Waals surface area (Å²) in [5, 5.41) is 3.09. The van der Waals surface area contributed by atoms with E-state index in [9.17, 15) is 0 Å². The van der Waals surface area contributed by atoms with Crippen molar-refractivity contribution in [2.75, 3.05) is 13.6 Å². The van der Waals surface area contributed by atoms with Crippen LogP contribution in [0.2, 0.25) is 0 Å². The van der Waals surface area contributed by atoms with Crippen LogP contribution in [-0.2, 0) is 6.42 Å². The van der Waals surface area contributed by atoms with Crippen LogP contribution in [0.5, 0.6) is 0 Å². The van der Waals surface area contributed by atoms with E-state index in [2.05, 4.69) is 20.3 Å². The summed E-state index contributed by atoms with van der Waals surface area (Å²) in [5.41, 5.74) is 2.21. The topological polar surface area (TPSA) is 56.5 Å². The lowest BCUT2D eigenvalue weighted by Gasteiger charge is -1.94. The van der Waals surface area contributed by atoms with E-state index >= 15 is 0 Å². The highest BCUT2D eigenvalue weighted by Gasteiger charge is 2.02. The van der Waals surface area contributed by atoms with E-state index in [0.717, 1.165) is 30.0 Å². The fourth-order valence-electron chi connectivity index (χ4n) is 1.37. The van der Waals surface area contributed by atoms with Gasteiger partial charge in [0.25, 0.3) is 0 Å². The third kappa shape index (κ3) is 1.85. The smallest absolute Gasteiger partial charge is 0.107 e. The zero-order chi connectivity index (χ0) is 9.80. The quantitative estimate of drug-likeness (QED) is 0.677. The number of aromatic nitrogens is 3. The summed E-state index contributed by atoms with van der Waals surface area (Å²) in [6.07, 6.45) is 6.66. The number of H-pyrrole nitrogens is 2. The summed E-state index contributed by atoms with van der Waals surface area (Å²) in [6.45, 7) is 0.945. The monoisotopic (exact) mass is 190 g/mol. The molecule has 0 fully saturated rings. The third-order valence-corrected chi connectivity index (χ3v) is 2.15. The van der Waals surface area contributed by atoms with E-state index in [1.807, 2.05) is 31.7 Å². The van der Waals surface area contributed by atoms with Gasteiger partial charge >= 0.3 is 0 Å². The molecule has 0 saturated carbocycles. The Bertz CT molecular complexity index is 374. The van der Waals surface area contributed by atoms with Crippen LogP contribution in [0, 0.1) is 0 Å². The van der Waals surface area contributed by atoms with Crippen molar-refractivity contribution in [1.29, 1.82) is 0 Å². The fraction of sp³-hybridized carbons (Fsp3) is 0.300. The molecule has 0 aliphatic carbocycles. The van der Waals surface area contributed by atoms with Gasteiger partial charge < -0.3 is 15.3 Å². The number of nitrogens with one attached hydrogen (secondary N) is 3. The molecule has 0 spiro atoms. The predicted octanol–water partition coefficient (Wildman–Crippen LogP) is 1.17. The summed E-state index contributed by atoms with van der Waals surface area (Å²) in [5.74, 6) is 1.02. The molecule has 74 valence electrons. The summed E-state index contributed by atoms with van der Waals surface area (Å²) in [7, 11) is 1.94. The molecular weight excluding hydrogens is 176 g/mol. The number of hydrogen-bond donors (Lipinski definition) is 3. The maximum absolute atomic E-state index is 4.30. The van der Waals surface area contributed by atoms with Gasteiger partial charge in [0, 0.05) is 30.9 Å². The van der Waals surface area contributed by atoms with Crippen molar-refractivity contribution >= 4 is 0 Å². The molecule has 0 aliphatic heterocycles. The average molecular weight is 190 g/mol. The molecule has 0 aromatic carbocycles. The van der Waals surface area contributed by atoms with Gasteiger partial charge in [-0.2, -0.15) is 0 Å². The molecule has 2 aromatic rings. The van der Waals surface area contributed by atoms with Gasteiger partial charge in [0.15, 0.2) is 0 Å². The number of likely N-dealkylation sites (N-methyl/N-ethyl adjacent to an activating group) is 1. The van der Waals surface area contributed by atoms with Gasteiger partial charge in [0.05, 0.1) is 11.9 Å². The largest absolute Gasteiger partial charge is 0.367 e. The standard InChI is InChI=1S/C10H14N4/c1-11-4-3-10-13-7-9(14-10)8-2-5-12-6-8/h2,5-7,11-12H,3-4H2,1H3,(H,13,14). The molecule has 0 amide bonds. The average Bonchev–Trinajstić information content (AvgIpc) is 2.85. The molecule has 4 nitrogen and oxygen atoms in total. The Morgan fingerprint density at radius 2 is 2.43 bits per heavy atom. The van der Waals surface area contributed by atoms with Gasteiger partial charge in [-0.15, -0.1) is 0 Å².